The molecule has 2 aliphatic rings. The van der Waals surface area contributed by atoms with E-state index in [1.165, 1.54) is 0 Å². The van der Waals surface area contributed by atoms with Gasteiger partial charge in [0.15, 0.2) is 0 Å². The van der Waals surface area contributed by atoms with Gasteiger partial charge in [0.05, 0.1) is 11.9 Å². The van der Waals surface area contributed by atoms with Crippen molar-refractivity contribution in [3.63, 3.8) is 0 Å². The molecule has 0 radical (unpaired) electrons. The summed E-state index contributed by atoms with van der Waals surface area (Å²) in [7, 11) is 0. The molecule has 0 saturated carbocycles. The van der Waals surface area contributed by atoms with E-state index in [-0.39, 0.29) is 11.0 Å². The van der Waals surface area contributed by atoms with Crippen molar-refractivity contribution in [2.45, 2.75) is 0 Å². The predicted molar refractivity (Wildman–Crippen MR) is 42.1 cm³/mol. The first kappa shape index (κ1) is 6.88. The van der Waals surface area contributed by atoms with Crippen LogP contribution in [0.1, 0.15) is 0 Å². The summed E-state index contributed by atoms with van der Waals surface area (Å²) >= 11 is 0. The highest BCUT2D eigenvalue weighted by molar-refractivity contribution is 5.75. The van der Waals surface area contributed by atoms with Crippen LogP contribution in [0.2, 0.25) is 0 Å². The van der Waals surface area contributed by atoms with Crippen molar-refractivity contribution in [2.75, 3.05) is 0 Å². The highest BCUT2D eigenvalue weighted by Gasteiger charge is 2.00. The first-order valence-corrected chi connectivity index (χ1v) is 2.57. The van der Waals surface area contributed by atoms with Crippen molar-refractivity contribution in [1.82, 2.24) is 20.4 Å². The lowest BCUT2D eigenvalue weighted by Gasteiger charge is -1.89. The summed E-state index contributed by atoms with van der Waals surface area (Å²) < 4.78 is 0. The van der Waals surface area contributed by atoms with E-state index in [1.807, 2.05) is 6.07 Å². The zero-order valence-corrected chi connectivity index (χ0v) is 4.57. The van der Waals surface area contributed by atoms with Crippen LogP contribution >= 0.6 is 0 Å². The van der Waals surface area contributed by atoms with E-state index in [2.05, 4.69) is 20.4 Å². The number of H-pyrrole nitrogens is 1. The van der Waals surface area contributed by atoms with Crippen molar-refractivity contribution in [3.8, 4) is 11.4 Å². The second kappa shape index (κ2) is 2.57. The third-order valence-electron chi connectivity index (χ3n) is 1.14. The van der Waals surface area contributed by atoms with Gasteiger partial charge in [-0.1, -0.05) is 5.21 Å². The van der Waals surface area contributed by atoms with Crippen LogP contribution in [0, 0.1) is 0 Å². The van der Waals surface area contributed by atoms with Gasteiger partial charge < -0.3 is 0 Å². The molecule has 2 aliphatic heterocycles. The molecule has 1 N–H and O–H groups in total. The summed E-state index contributed by atoms with van der Waals surface area (Å²) in [5, 5.41) is 9.89. The fourth-order valence-electron chi connectivity index (χ4n) is 0.711. The maximum atomic E-state index is 3.98. The maximum Gasteiger partial charge on any atom is 0.108 e. The summed E-state index contributed by atoms with van der Waals surface area (Å²) in [6.07, 6.45) is 3.33. The molecule has 5 heteroatoms. The molecule has 0 aliphatic carbocycles. The Bertz CT molecular complexity index is 254. The van der Waals surface area contributed by atoms with Gasteiger partial charge >= 0.3 is 0 Å². The maximum absolute atomic E-state index is 3.98. The molecule has 0 aromatic rings. The smallest absolute Gasteiger partial charge is 0.108 e. The predicted octanol–water partition coefficient (Wildman–Crippen LogP) is -1.15. The Labute approximate surface area is 62.0 Å². The molecule has 0 aromatic heterocycles. The second-order valence-electron chi connectivity index (χ2n) is 1.70. The minimum atomic E-state index is 0. The molecule has 0 fully saturated rings. The molecule has 52 valence electrons. The Morgan fingerprint density at radius 1 is 1.40 bits per heavy atom. The van der Waals surface area contributed by atoms with Crippen molar-refractivity contribution in [2.24, 2.45) is 0 Å². The van der Waals surface area contributed by atoms with Crippen LogP contribution in [-0.2, 0) is 0 Å². The molecule has 2 rings (SSSR count). The Morgan fingerprint density at radius 2 is 2.30 bits per heavy atom. The lowest BCUT2D eigenvalue weighted by Crippen LogP contribution is -1.88. The molecule has 0 saturated heterocycles. The Hall–Kier alpha value is -1.23. The van der Waals surface area contributed by atoms with Gasteiger partial charge in [-0.3, -0.25) is 10.1 Å². The molecular formula is C5H8N4Si. The first-order valence-electron chi connectivity index (χ1n) is 2.57. The standard InChI is InChI=1S/C5H4N4.H4Si/c1-2-6-5-3-7-9-8-4(1)5;/h1-3H,(H,7,8);1H4. The van der Waals surface area contributed by atoms with E-state index < -0.39 is 0 Å². The van der Waals surface area contributed by atoms with Gasteiger partial charge in [0.2, 0.25) is 0 Å². The fraction of sp³-hybridized carbons (Fsp3) is 0. The number of nitrogens with one attached hydrogen (secondary N) is 1. The van der Waals surface area contributed by atoms with Crippen LogP contribution in [-0.4, -0.2) is 31.4 Å². The van der Waals surface area contributed by atoms with Gasteiger partial charge in [-0.15, -0.1) is 5.10 Å². The van der Waals surface area contributed by atoms with Crippen LogP contribution in [0.4, 0.5) is 0 Å². The Balaban J connectivity index is 0.000000500. The SMILES string of the molecule is [SiH4].c1cc2[nH]nncc-2n1. The monoisotopic (exact) mass is 152 g/mol. The largest absolute Gasteiger partial charge is 0.258 e. The van der Waals surface area contributed by atoms with E-state index in [1.54, 1.807) is 12.4 Å². The zero-order valence-electron chi connectivity index (χ0n) is 4.57. The second-order valence-corrected chi connectivity index (χ2v) is 1.70. The average molecular weight is 152 g/mol. The van der Waals surface area contributed by atoms with Crippen LogP contribution < -0.4 is 0 Å². The highest BCUT2D eigenvalue weighted by atomic mass is 28.1. The molecule has 0 spiro atoms. The van der Waals surface area contributed by atoms with Gasteiger partial charge in [-0.2, -0.15) is 0 Å². The van der Waals surface area contributed by atoms with Gasteiger partial charge in [0, 0.05) is 6.20 Å². The Kier molecular flexibility index (Phi) is 1.77. The summed E-state index contributed by atoms with van der Waals surface area (Å²) in [6.45, 7) is 0. The van der Waals surface area contributed by atoms with Crippen molar-refractivity contribution >= 4 is 11.0 Å². The first-order chi connectivity index (χ1) is 4.47. The third-order valence-corrected chi connectivity index (χ3v) is 1.14. The van der Waals surface area contributed by atoms with Crippen LogP contribution in [0.5, 0.6) is 0 Å². The molecule has 4 nitrogen and oxygen atoms in total. The zero-order chi connectivity index (χ0) is 6.10. The average Bonchev–Trinajstić information content (AvgIpc) is 2.33. The number of aromatic nitrogens is 4. The molecule has 0 bridgehead atoms. The van der Waals surface area contributed by atoms with Crippen LogP contribution in [0.15, 0.2) is 18.5 Å². The van der Waals surface area contributed by atoms with Gasteiger partial charge in [0.25, 0.3) is 0 Å². The lowest BCUT2D eigenvalue weighted by atomic mass is 10.4. The minimum Gasteiger partial charge on any atom is -0.258 e. The lowest BCUT2D eigenvalue weighted by molar-refractivity contribution is 0.867. The van der Waals surface area contributed by atoms with Crippen molar-refractivity contribution in [3.05, 3.63) is 18.5 Å². The number of rotatable bonds is 0. The fourth-order valence-corrected chi connectivity index (χ4v) is 0.711. The number of nitrogens with zero attached hydrogens (tertiary/aromatic N) is 3. The minimum absolute atomic E-state index is 0. The van der Waals surface area contributed by atoms with E-state index in [9.17, 15) is 0 Å². The summed E-state index contributed by atoms with van der Waals surface area (Å²) in [6, 6.07) is 1.85. The van der Waals surface area contributed by atoms with E-state index >= 15 is 0 Å². The third kappa shape index (κ3) is 0.905. The molecule has 0 amide bonds. The van der Waals surface area contributed by atoms with E-state index in [0.29, 0.717) is 0 Å². The number of hydrogen-bond acceptors (Lipinski definition) is 3. The molecule has 0 atom stereocenters. The number of fused-ring (bicyclic) bond motifs is 1. The van der Waals surface area contributed by atoms with Gasteiger partial charge in [-0.05, 0) is 17.0 Å². The molecule has 0 aromatic carbocycles. The molecule has 0 unspecified atom stereocenters. The number of hydrogen-bond donors (Lipinski definition) is 1. The summed E-state index contributed by atoms with van der Waals surface area (Å²) in [5.74, 6) is 0. The normalized spacial score (nSPS) is 9.20. The summed E-state index contributed by atoms with van der Waals surface area (Å²) in [5.41, 5.74) is 1.77. The van der Waals surface area contributed by atoms with E-state index in [4.69, 9.17) is 0 Å². The molecule has 2 heterocycles. The van der Waals surface area contributed by atoms with Gasteiger partial charge in [-0.25, -0.2) is 0 Å². The molecular weight excluding hydrogens is 144 g/mol. The van der Waals surface area contributed by atoms with Gasteiger partial charge in [0.1, 0.15) is 5.69 Å². The van der Waals surface area contributed by atoms with E-state index in [0.717, 1.165) is 11.4 Å². The van der Waals surface area contributed by atoms with Crippen molar-refractivity contribution in [1.29, 1.82) is 0 Å². The summed E-state index contributed by atoms with van der Waals surface area (Å²) in [4.78, 5) is 3.98. The van der Waals surface area contributed by atoms with Crippen molar-refractivity contribution < 1.29 is 0 Å². The Morgan fingerprint density at radius 3 is 3.10 bits per heavy atom. The quantitative estimate of drug-likeness (QED) is 0.485. The number of aromatic amines is 1. The molecule has 10 heavy (non-hydrogen) atoms. The topological polar surface area (TPSA) is 54.5 Å². The van der Waals surface area contributed by atoms with Crippen LogP contribution in [0.25, 0.3) is 11.4 Å². The highest BCUT2D eigenvalue weighted by Crippen LogP contribution is 2.11. The van der Waals surface area contributed by atoms with Crippen LogP contribution in [0.3, 0.4) is 0 Å².